The summed E-state index contributed by atoms with van der Waals surface area (Å²) in [5.41, 5.74) is 1.74. The lowest BCUT2D eigenvalue weighted by Crippen LogP contribution is -2.39. The van der Waals surface area contributed by atoms with E-state index in [0.717, 1.165) is 24.2 Å². The predicted octanol–water partition coefficient (Wildman–Crippen LogP) is 2.30. The van der Waals surface area contributed by atoms with Crippen LogP contribution in [0.25, 0.3) is 0 Å². The number of aromatic nitrogens is 2. The molecule has 5 heteroatoms. The van der Waals surface area contributed by atoms with Crippen molar-refractivity contribution in [3.05, 3.63) is 24.0 Å². The molecular weight excluding hydrogens is 228 g/mol. The number of aryl methyl sites for hydroxylation is 1. The summed E-state index contributed by atoms with van der Waals surface area (Å²) in [6.07, 6.45) is 7.93. The summed E-state index contributed by atoms with van der Waals surface area (Å²) < 4.78 is 1.75. The van der Waals surface area contributed by atoms with Crippen molar-refractivity contribution < 1.29 is 4.79 Å². The molecule has 0 radical (unpaired) electrons. The molecule has 0 bridgehead atoms. The monoisotopic (exact) mass is 248 g/mol. The van der Waals surface area contributed by atoms with Crippen molar-refractivity contribution in [3.8, 4) is 0 Å². The molecule has 1 aromatic rings. The second-order valence-electron chi connectivity index (χ2n) is 4.63. The molecule has 1 aliphatic heterocycles. The van der Waals surface area contributed by atoms with Crippen LogP contribution in [0, 0.1) is 6.92 Å². The minimum Gasteiger partial charge on any atom is -0.314 e. The van der Waals surface area contributed by atoms with Gasteiger partial charge in [0.2, 0.25) is 0 Å². The molecule has 98 valence electrons. The van der Waals surface area contributed by atoms with Crippen LogP contribution in [0.3, 0.4) is 0 Å². The maximum Gasteiger partial charge on any atom is 0.322 e. The van der Waals surface area contributed by atoms with Gasteiger partial charge < -0.3 is 10.2 Å². The Hall–Kier alpha value is -1.78. The Morgan fingerprint density at radius 3 is 3.00 bits per heavy atom. The van der Waals surface area contributed by atoms with Gasteiger partial charge in [0.15, 0.2) is 0 Å². The van der Waals surface area contributed by atoms with Gasteiger partial charge in [-0.3, -0.25) is 4.68 Å². The van der Waals surface area contributed by atoms with E-state index in [1.54, 1.807) is 10.9 Å². The van der Waals surface area contributed by atoms with Gasteiger partial charge in [0.05, 0.1) is 23.6 Å². The van der Waals surface area contributed by atoms with Gasteiger partial charge in [-0.1, -0.05) is 25.5 Å². The number of anilines is 1. The molecule has 0 spiro atoms. The van der Waals surface area contributed by atoms with E-state index < -0.39 is 0 Å². The smallest absolute Gasteiger partial charge is 0.314 e. The van der Waals surface area contributed by atoms with E-state index in [9.17, 15) is 4.79 Å². The number of amides is 2. The Balaban J connectivity index is 2.02. The maximum absolute atomic E-state index is 12.2. The van der Waals surface area contributed by atoms with Crippen LogP contribution in [-0.4, -0.2) is 33.3 Å². The number of carbonyl (C=O) groups excluding carboxylic acids is 1. The lowest BCUT2D eigenvalue weighted by atomic mass is 10.2. The second-order valence-corrected chi connectivity index (χ2v) is 4.63. The fourth-order valence-corrected chi connectivity index (χ4v) is 2.16. The SMILES string of the molecule is CCCC1C=CCN1C(=O)Nc1cnn(C)c1C. The van der Waals surface area contributed by atoms with Crippen LogP contribution < -0.4 is 5.32 Å². The normalized spacial score (nSPS) is 18.4. The van der Waals surface area contributed by atoms with Gasteiger partial charge in [0, 0.05) is 13.6 Å². The molecule has 0 aliphatic carbocycles. The molecular formula is C13H20N4O. The molecule has 1 atom stereocenters. The number of rotatable bonds is 3. The second kappa shape index (κ2) is 5.25. The lowest BCUT2D eigenvalue weighted by molar-refractivity contribution is 0.208. The van der Waals surface area contributed by atoms with Crippen molar-refractivity contribution >= 4 is 11.7 Å². The zero-order valence-electron chi connectivity index (χ0n) is 11.2. The van der Waals surface area contributed by atoms with Crippen LogP contribution in [0.15, 0.2) is 18.3 Å². The molecule has 0 saturated heterocycles. The fourth-order valence-electron chi connectivity index (χ4n) is 2.16. The molecule has 18 heavy (non-hydrogen) atoms. The fraction of sp³-hybridized carbons (Fsp3) is 0.538. The van der Waals surface area contributed by atoms with Crippen LogP contribution in [0.2, 0.25) is 0 Å². The first kappa shape index (κ1) is 12.7. The number of nitrogens with zero attached hydrogens (tertiary/aromatic N) is 3. The van der Waals surface area contributed by atoms with Crippen molar-refractivity contribution in [2.75, 3.05) is 11.9 Å². The van der Waals surface area contributed by atoms with Crippen LogP contribution >= 0.6 is 0 Å². The average Bonchev–Trinajstić information content (AvgIpc) is 2.92. The summed E-state index contributed by atoms with van der Waals surface area (Å²) in [4.78, 5) is 14.1. The average molecular weight is 248 g/mol. The molecule has 0 fully saturated rings. The van der Waals surface area contributed by atoms with E-state index in [2.05, 4.69) is 29.5 Å². The number of carbonyl (C=O) groups is 1. The van der Waals surface area contributed by atoms with E-state index in [0.29, 0.717) is 6.54 Å². The molecule has 0 saturated carbocycles. The van der Waals surface area contributed by atoms with Crippen molar-refractivity contribution in [1.82, 2.24) is 14.7 Å². The highest BCUT2D eigenvalue weighted by atomic mass is 16.2. The third-order valence-corrected chi connectivity index (χ3v) is 3.38. The Morgan fingerprint density at radius 2 is 2.39 bits per heavy atom. The van der Waals surface area contributed by atoms with Gasteiger partial charge in [-0.15, -0.1) is 0 Å². The first-order valence-corrected chi connectivity index (χ1v) is 6.36. The maximum atomic E-state index is 12.2. The van der Waals surface area contributed by atoms with Gasteiger partial charge in [-0.05, 0) is 13.3 Å². The van der Waals surface area contributed by atoms with E-state index in [4.69, 9.17) is 0 Å². The molecule has 1 aliphatic rings. The first-order chi connectivity index (χ1) is 8.63. The zero-order chi connectivity index (χ0) is 13.1. The van der Waals surface area contributed by atoms with Crippen LogP contribution in [0.1, 0.15) is 25.5 Å². The van der Waals surface area contributed by atoms with E-state index in [-0.39, 0.29) is 12.1 Å². The van der Waals surface area contributed by atoms with Gasteiger partial charge >= 0.3 is 6.03 Å². The molecule has 0 aromatic carbocycles. The number of hydrogen-bond donors (Lipinski definition) is 1. The third-order valence-electron chi connectivity index (χ3n) is 3.38. The highest BCUT2D eigenvalue weighted by molar-refractivity contribution is 5.90. The molecule has 2 rings (SSSR count). The standard InChI is InChI=1S/C13H20N4O/c1-4-6-11-7-5-8-17(11)13(18)15-12-9-14-16(3)10(12)2/h5,7,9,11H,4,6,8H2,1-3H3,(H,15,18). The summed E-state index contributed by atoms with van der Waals surface area (Å²) in [7, 11) is 1.86. The molecule has 1 N–H and O–H groups in total. The van der Waals surface area contributed by atoms with Crippen molar-refractivity contribution in [1.29, 1.82) is 0 Å². The van der Waals surface area contributed by atoms with Crippen LogP contribution in [0.5, 0.6) is 0 Å². The topological polar surface area (TPSA) is 50.2 Å². The molecule has 5 nitrogen and oxygen atoms in total. The number of hydrogen-bond acceptors (Lipinski definition) is 2. The van der Waals surface area contributed by atoms with E-state index in [1.807, 2.05) is 18.9 Å². The van der Waals surface area contributed by atoms with Crippen molar-refractivity contribution in [2.24, 2.45) is 7.05 Å². The summed E-state index contributed by atoms with van der Waals surface area (Å²) in [6, 6.07) is 0.182. The van der Waals surface area contributed by atoms with Gasteiger partial charge in [0.1, 0.15) is 0 Å². The van der Waals surface area contributed by atoms with Gasteiger partial charge in [0.25, 0.3) is 0 Å². The van der Waals surface area contributed by atoms with E-state index in [1.165, 1.54) is 0 Å². The highest BCUT2D eigenvalue weighted by Crippen LogP contribution is 2.18. The van der Waals surface area contributed by atoms with E-state index >= 15 is 0 Å². The Kier molecular flexibility index (Phi) is 3.69. The number of nitrogens with one attached hydrogen (secondary N) is 1. The van der Waals surface area contributed by atoms with Crippen molar-refractivity contribution in [3.63, 3.8) is 0 Å². The Morgan fingerprint density at radius 1 is 1.61 bits per heavy atom. The summed E-state index contributed by atoms with van der Waals surface area (Å²) in [5.74, 6) is 0. The molecule has 1 aromatic heterocycles. The molecule has 2 heterocycles. The lowest BCUT2D eigenvalue weighted by Gasteiger charge is -2.24. The Bertz CT molecular complexity index is 464. The van der Waals surface area contributed by atoms with Crippen LogP contribution in [-0.2, 0) is 7.05 Å². The number of urea groups is 1. The summed E-state index contributed by atoms with van der Waals surface area (Å²) in [5, 5.41) is 7.04. The third kappa shape index (κ3) is 2.39. The zero-order valence-corrected chi connectivity index (χ0v) is 11.2. The molecule has 1 unspecified atom stereocenters. The summed E-state index contributed by atoms with van der Waals surface area (Å²) >= 11 is 0. The predicted molar refractivity (Wildman–Crippen MR) is 71.5 cm³/mol. The van der Waals surface area contributed by atoms with Gasteiger partial charge in [-0.2, -0.15) is 5.10 Å². The quantitative estimate of drug-likeness (QED) is 0.834. The van der Waals surface area contributed by atoms with Crippen LogP contribution in [0.4, 0.5) is 10.5 Å². The largest absolute Gasteiger partial charge is 0.322 e. The minimum atomic E-state index is -0.0467. The highest BCUT2D eigenvalue weighted by Gasteiger charge is 2.24. The van der Waals surface area contributed by atoms with Gasteiger partial charge in [-0.25, -0.2) is 4.79 Å². The minimum absolute atomic E-state index is 0.0467. The van der Waals surface area contributed by atoms with Crippen molar-refractivity contribution in [2.45, 2.75) is 32.7 Å². The first-order valence-electron chi connectivity index (χ1n) is 6.36. The summed E-state index contributed by atoms with van der Waals surface area (Å²) in [6.45, 7) is 4.76. The molecule has 2 amide bonds. The Labute approximate surface area is 107 Å².